The Bertz CT molecular complexity index is 85.4. The number of hydrogen-bond acceptors (Lipinski definition) is 3. The fourth-order valence-electron chi connectivity index (χ4n) is 0.801. The third-order valence-corrected chi connectivity index (χ3v) is 1.52. The summed E-state index contributed by atoms with van der Waals surface area (Å²) in [5.74, 6) is 0. The average molecular weight is 162 g/mol. The Morgan fingerprint density at radius 3 is 2.55 bits per heavy atom. The van der Waals surface area contributed by atoms with E-state index in [1.807, 2.05) is 13.8 Å². The molecule has 0 bridgehead atoms. The molecule has 0 heterocycles. The van der Waals surface area contributed by atoms with Gasteiger partial charge in [0.2, 0.25) is 0 Å². The molecule has 3 nitrogen and oxygen atoms in total. The molecule has 2 atom stereocenters. The molecule has 1 N–H and O–H groups in total. The molecule has 0 saturated heterocycles. The number of aliphatic hydroxyl groups excluding tert-OH is 1. The van der Waals surface area contributed by atoms with Gasteiger partial charge in [-0.25, -0.2) is 0 Å². The molecule has 0 spiro atoms. The molecule has 3 heteroatoms. The standard InChI is InChI=1S/C8H18O3/c1-4-11-6-8(9)5-7(2)10-3/h7-9H,4-6H2,1-3H3. The van der Waals surface area contributed by atoms with Crippen LogP contribution in [0.5, 0.6) is 0 Å². The Labute approximate surface area is 68.3 Å². The van der Waals surface area contributed by atoms with Gasteiger partial charge in [0.15, 0.2) is 0 Å². The lowest BCUT2D eigenvalue weighted by atomic mass is 10.2. The molecule has 0 saturated carbocycles. The maximum Gasteiger partial charge on any atom is 0.0798 e. The first-order valence-corrected chi connectivity index (χ1v) is 3.99. The Kier molecular flexibility index (Phi) is 6.51. The van der Waals surface area contributed by atoms with Crippen LogP contribution in [0.25, 0.3) is 0 Å². The van der Waals surface area contributed by atoms with Crippen LogP contribution in [0.1, 0.15) is 20.3 Å². The first-order valence-electron chi connectivity index (χ1n) is 3.99. The Morgan fingerprint density at radius 2 is 2.09 bits per heavy atom. The van der Waals surface area contributed by atoms with Crippen molar-refractivity contribution in [1.82, 2.24) is 0 Å². The van der Waals surface area contributed by atoms with E-state index in [1.54, 1.807) is 7.11 Å². The zero-order valence-corrected chi connectivity index (χ0v) is 7.54. The van der Waals surface area contributed by atoms with Crippen molar-refractivity contribution in [1.29, 1.82) is 0 Å². The van der Waals surface area contributed by atoms with Crippen LogP contribution in [0.2, 0.25) is 0 Å². The minimum atomic E-state index is -0.398. The van der Waals surface area contributed by atoms with Crippen molar-refractivity contribution in [3.63, 3.8) is 0 Å². The fourth-order valence-corrected chi connectivity index (χ4v) is 0.801. The molecule has 0 aliphatic heterocycles. The van der Waals surface area contributed by atoms with Crippen molar-refractivity contribution >= 4 is 0 Å². The molecule has 0 aliphatic rings. The van der Waals surface area contributed by atoms with E-state index in [0.717, 1.165) is 0 Å². The highest BCUT2D eigenvalue weighted by Gasteiger charge is 2.08. The van der Waals surface area contributed by atoms with Crippen LogP contribution < -0.4 is 0 Å². The molecule has 0 fully saturated rings. The van der Waals surface area contributed by atoms with Gasteiger partial charge < -0.3 is 14.6 Å². The van der Waals surface area contributed by atoms with E-state index in [4.69, 9.17) is 9.47 Å². The number of methoxy groups -OCH3 is 1. The summed E-state index contributed by atoms with van der Waals surface area (Å²) < 4.78 is 10.0. The Morgan fingerprint density at radius 1 is 1.45 bits per heavy atom. The number of hydrogen-bond donors (Lipinski definition) is 1. The normalized spacial score (nSPS) is 16.4. The van der Waals surface area contributed by atoms with E-state index in [0.29, 0.717) is 19.6 Å². The molecule has 2 unspecified atom stereocenters. The third kappa shape index (κ3) is 6.28. The predicted molar refractivity (Wildman–Crippen MR) is 43.6 cm³/mol. The van der Waals surface area contributed by atoms with Crippen molar-refractivity contribution in [2.75, 3.05) is 20.3 Å². The van der Waals surface area contributed by atoms with Gasteiger partial charge in [-0.3, -0.25) is 0 Å². The fraction of sp³-hybridized carbons (Fsp3) is 1.00. The number of aliphatic hydroxyl groups is 1. The molecule has 0 aliphatic carbocycles. The maximum atomic E-state index is 9.28. The highest BCUT2D eigenvalue weighted by atomic mass is 16.5. The molecule has 11 heavy (non-hydrogen) atoms. The van der Waals surface area contributed by atoms with Crippen LogP contribution in [0, 0.1) is 0 Å². The van der Waals surface area contributed by atoms with Gasteiger partial charge in [-0.15, -0.1) is 0 Å². The van der Waals surface area contributed by atoms with Gasteiger partial charge >= 0.3 is 0 Å². The van der Waals surface area contributed by atoms with Crippen molar-refractivity contribution < 1.29 is 14.6 Å². The quantitative estimate of drug-likeness (QED) is 0.628. The van der Waals surface area contributed by atoms with Crippen molar-refractivity contribution in [3.8, 4) is 0 Å². The summed E-state index contributed by atoms with van der Waals surface area (Å²) >= 11 is 0. The molecule has 68 valence electrons. The maximum absolute atomic E-state index is 9.28. The molecular formula is C8H18O3. The minimum Gasteiger partial charge on any atom is -0.391 e. The molecule has 0 aromatic carbocycles. The topological polar surface area (TPSA) is 38.7 Å². The lowest BCUT2D eigenvalue weighted by Crippen LogP contribution is -2.21. The molecule has 0 rings (SSSR count). The number of ether oxygens (including phenoxy) is 2. The van der Waals surface area contributed by atoms with Crippen LogP contribution in [0.3, 0.4) is 0 Å². The van der Waals surface area contributed by atoms with Crippen molar-refractivity contribution in [2.24, 2.45) is 0 Å². The van der Waals surface area contributed by atoms with E-state index < -0.39 is 6.10 Å². The zero-order chi connectivity index (χ0) is 8.69. The molecular weight excluding hydrogens is 144 g/mol. The average Bonchev–Trinajstić information content (AvgIpc) is 2.00. The van der Waals surface area contributed by atoms with Crippen LogP contribution in [0.4, 0.5) is 0 Å². The molecule has 0 aromatic rings. The van der Waals surface area contributed by atoms with E-state index in [9.17, 15) is 5.11 Å². The highest BCUT2D eigenvalue weighted by molar-refractivity contribution is 4.59. The van der Waals surface area contributed by atoms with Crippen LogP contribution >= 0.6 is 0 Å². The van der Waals surface area contributed by atoms with Gasteiger partial charge in [0.25, 0.3) is 0 Å². The monoisotopic (exact) mass is 162 g/mol. The summed E-state index contributed by atoms with van der Waals surface area (Å²) in [5, 5.41) is 9.28. The van der Waals surface area contributed by atoms with E-state index in [2.05, 4.69) is 0 Å². The minimum absolute atomic E-state index is 0.102. The smallest absolute Gasteiger partial charge is 0.0798 e. The van der Waals surface area contributed by atoms with Gasteiger partial charge in [0, 0.05) is 20.1 Å². The second-order valence-corrected chi connectivity index (χ2v) is 2.60. The summed E-state index contributed by atoms with van der Waals surface area (Å²) in [4.78, 5) is 0. The second-order valence-electron chi connectivity index (χ2n) is 2.60. The van der Waals surface area contributed by atoms with Crippen LogP contribution in [-0.2, 0) is 9.47 Å². The zero-order valence-electron chi connectivity index (χ0n) is 7.54. The summed E-state index contributed by atoms with van der Waals surface area (Å²) in [6, 6.07) is 0. The lowest BCUT2D eigenvalue weighted by Gasteiger charge is -2.14. The second kappa shape index (κ2) is 6.58. The van der Waals surface area contributed by atoms with E-state index in [-0.39, 0.29) is 6.10 Å². The molecule has 0 radical (unpaired) electrons. The van der Waals surface area contributed by atoms with Gasteiger partial charge in [-0.1, -0.05) is 0 Å². The molecule has 0 aromatic heterocycles. The van der Waals surface area contributed by atoms with Crippen molar-refractivity contribution in [2.45, 2.75) is 32.5 Å². The summed E-state index contributed by atoms with van der Waals surface area (Å²) in [6.45, 7) is 4.89. The highest BCUT2D eigenvalue weighted by Crippen LogP contribution is 2.01. The van der Waals surface area contributed by atoms with Crippen LogP contribution in [-0.4, -0.2) is 37.6 Å². The first kappa shape index (κ1) is 10.9. The van der Waals surface area contributed by atoms with Gasteiger partial charge in [0.1, 0.15) is 0 Å². The Hall–Kier alpha value is -0.120. The van der Waals surface area contributed by atoms with Gasteiger partial charge in [-0.2, -0.15) is 0 Å². The predicted octanol–water partition coefficient (Wildman–Crippen LogP) is 0.809. The largest absolute Gasteiger partial charge is 0.391 e. The first-order chi connectivity index (χ1) is 5.20. The Balaban J connectivity index is 3.27. The lowest BCUT2D eigenvalue weighted by molar-refractivity contribution is 0.00333. The summed E-state index contributed by atoms with van der Waals surface area (Å²) in [7, 11) is 1.64. The van der Waals surface area contributed by atoms with Gasteiger partial charge in [0.05, 0.1) is 18.8 Å². The SMILES string of the molecule is CCOCC(O)CC(C)OC. The summed E-state index contributed by atoms with van der Waals surface area (Å²) in [5.41, 5.74) is 0. The third-order valence-electron chi connectivity index (χ3n) is 1.52. The van der Waals surface area contributed by atoms with Crippen molar-refractivity contribution in [3.05, 3.63) is 0 Å². The summed E-state index contributed by atoms with van der Waals surface area (Å²) in [6.07, 6.45) is 0.339. The van der Waals surface area contributed by atoms with Crippen LogP contribution in [0.15, 0.2) is 0 Å². The van der Waals surface area contributed by atoms with Gasteiger partial charge in [-0.05, 0) is 13.8 Å². The molecule has 0 amide bonds. The van der Waals surface area contributed by atoms with E-state index in [1.165, 1.54) is 0 Å². The number of rotatable bonds is 6. The van der Waals surface area contributed by atoms with E-state index >= 15 is 0 Å².